The third kappa shape index (κ3) is 3.93. The van der Waals surface area contributed by atoms with Gasteiger partial charge in [0, 0.05) is 37.4 Å². The number of hydrogen-bond acceptors (Lipinski definition) is 1. The van der Waals surface area contributed by atoms with Crippen LogP contribution in [0.4, 0.5) is 0 Å². The summed E-state index contributed by atoms with van der Waals surface area (Å²) in [6, 6.07) is 37.0. The molecule has 0 aliphatic heterocycles. The Morgan fingerprint density at radius 1 is 0.580 bits per heavy atom. The Kier molecular flexibility index (Phi) is 5.94. The van der Waals surface area contributed by atoms with E-state index >= 15 is 0 Å². The van der Waals surface area contributed by atoms with Gasteiger partial charge in [-0.15, -0.1) is 11.3 Å². The molecule has 238 valence electrons. The molecule has 0 amide bonds. The van der Waals surface area contributed by atoms with E-state index in [9.17, 15) is 0 Å². The van der Waals surface area contributed by atoms with Gasteiger partial charge >= 0.3 is 0 Å². The van der Waals surface area contributed by atoms with Gasteiger partial charge in [-0.05, 0) is 102 Å². The number of rotatable bonds is 2. The van der Waals surface area contributed by atoms with Gasteiger partial charge in [-0.25, -0.2) is 0 Å². The van der Waals surface area contributed by atoms with Gasteiger partial charge in [-0.1, -0.05) is 147 Å². The second-order valence-corrected chi connectivity index (χ2v) is 16.2. The highest BCUT2D eigenvalue weighted by Gasteiger charge is 2.44. The van der Waals surface area contributed by atoms with Crippen molar-refractivity contribution in [2.45, 2.75) is 38.0 Å². The Balaban J connectivity index is 1.09. The van der Waals surface area contributed by atoms with Gasteiger partial charge in [0.2, 0.25) is 0 Å². The lowest BCUT2D eigenvalue weighted by molar-refractivity contribution is 0.618. The van der Waals surface area contributed by atoms with E-state index in [2.05, 4.69) is 160 Å². The van der Waals surface area contributed by atoms with Gasteiger partial charge < -0.3 is 0 Å². The van der Waals surface area contributed by atoms with Gasteiger partial charge in [-0.2, -0.15) is 0 Å². The van der Waals surface area contributed by atoms with Gasteiger partial charge in [0.05, 0.1) is 0 Å². The monoisotopic (exact) mass is 656 g/mol. The third-order valence-electron chi connectivity index (χ3n) is 12.2. The van der Waals surface area contributed by atoms with Gasteiger partial charge in [0.25, 0.3) is 0 Å². The van der Waals surface area contributed by atoms with Crippen LogP contribution in [0.5, 0.6) is 0 Å². The molecule has 4 aliphatic rings. The van der Waals surface area contributed by atoms with Crippen LogP contribution in [0, 0.1) is 5.92 Å². The first-order valence-electron chi connectivity index (χ1n) is 18.0. The molecule has 6 aromatic carbocycles. The smallest absolute Gasteiger partial charge is 0.0361 e. The second kappa shape index (κ2) is 10.4. The number of fused-ring (bicyclic) bond motifs is 11. The maximum absolute atomic E-state index is 2.51. The Morgan fingerprint density at radius 2 is 1.24 bits per heavy atom. The highest BCUT2D eigenvalue weighted by Crippen LogP contribution is 2.58. The van der Waals surface area contributed by atoms with Crippen molar-refractivity contribution in [1.82, 2.24) is 0 Å². The molecule has 0 saturated carbocycles. The molecule has 0 bridgehead atoms. The lowest BCUT2D eigenvalue weighted by atomic mass is 9.74. The quantitative estimate of drug-likeness (QED) is 0.162. The number of thiophene rings is 1. The van der Waals surface area contributed by atoms with E-state index in [4.69, 9.17) is 0 Å². The van der Waals surface area contributed by atoms with E-state index in [0.717, 1.165) is 12.8 Å². The Hall–Kier alpha value is -5.24. The van der Waals surface area contributed by atoms with E-state index in [1.807, 2.05) is 11.3 Å². The number of allylic oxidation sites excluding steroid dienone is 12. The molecule has 1 heteroatoms. The highest BCUT2D eigenvalue weighted by molar-refractivity contribution is 7.25. The molecular weight excluding hydrogens is 621 g/mol. The van der Waals surface area contributed by atoms with E-state index in [0.29, 0.717) is 11.8 Å². The van der Waals surface area contributed by atoms with Crippen molar-refractivity contribution in [3.63, 3.8) is 0 Å². The summed E-state index contributed by atoms with van der Waals surface area (Å²) >= 11 is 1.91. The molecule has 0 fully saturated rings. The fourth-order valence-corrected chi connectivity index (χ4v) is 11.1. The van der Waals surface area contributed by atoms with Crippen LogP contribution in [-0.4, -0.2) is 0 Å². The summed E-state index contributed by atoms with van der Waals surface area (Å²) in [6.45, 7) is 4.92. The van der Waals surface area contributed by atoms with Crippen molar-refractivity contribution < 1.29 is 0 Å². The van der Waals surface area contributed by atoms with E-state index in [-0.39, 0.29) is 5.41 Å². The Labute approximate surface area is 296 Å². The molecule has 50 heavy (non-hydrogen) atoms. The number of benzene rings is 6. The minimum absolute atomic E-state index is 0.0440. The summed E-state index contributed by atoms with van der Waals surface area (Å²) in [5.74, 6) is 0.811. The molecule has 0 radical (unpaired) electrons. The minimum atomic E-state index is -0.0440. The van der Waals surface area contributed by atoms with E-state index in [1.165, 1.54) is 91.5 Å². The lowest BCUT2D eigenvalue weighted by Crippen LogP contribution is -2.18. The van der Waals surface area contributed by atoms with Crippen LogP contribution < -0.4 is 0 Å². The van der Waals surface area contributed by atoms with Crippen LogP contribution in [0.25, 0.3) is 63.6 Å². The van der Waals surface area contributed by atoms with Crippen LogP contribution in [0.3, 0.4) is 0 Å². The first kappa shape index (κ1) is 28.6. The average molecular weight is 657 g/mol. The first-order valence-corrected chi connectivity index (χ1v) is 18.9. The standard InChI is InChI=1S/C49H36S/c1-49(2)43-24-22-33(26-41(43)39-23-21-31-27-45-42(28-40(31)48(39)49)34-13-9-10-18-44(34)50-45)47-37-16-7-5-14-35(37)46(36-15-6-8-17-38(36)47)32-20-19-29-11-3-4-12-30(29)25-32/h3-24,27-28,30,41H,25-26H2,1-2H3. The van der Waals surface area contributed by atoms with Crippen molar-refractivity contribution in [3.05, 3.63) is 179 Å². The average Bonchev–Trinajstić information content (AvgIpc) is 3.63. The van der Waals surface area contributed by atoms with Crippen molar-refractivity contribution in [2.75, 3.05) is 0 Å². The first-order chi connectivity index (χ1) is 24.5. The van der Waals surface area contributed by atoms with Crippen molar-refractivity contribution in [2.24, 2.45) is 5.92 Å². The van der Waals surface area contributed by atoms with Crippen LogP contribution in [-0.2, 0) is 5.41 Å². The predicted octanol–water partition coefficient (Wildman–Crippen LogP) is 13.8. The lowest BCUT2D eigenvalue weighted by Gasteiger charge is -2.29. The second-order valence-electron chi connectivity index (χ2n) is 15.1. The molecule has 1 heterocycles. The van der Waals surface area contributed by atoms with E-state index in [1.54, 1.807) is 5.57 Å². The topological polar surface area (TPSA) is 0 Å². The highest BCUT2D eigenvalue weighted by atomic mass is 32.1. The molecular formula is C49H36S. The molecule has 7 aromatic rings. The summed E-state index contributed by atoms with van der Waals surface area (Å²) in [5.41, 5.74) is 11.6. The van der Waals surface area contributed by atoms with Gasteiger partial charge in [0.1, 0.15) is 0 Å². The van der Waals surface area contributed by atoms with Crippen molar-refractivity contribution >= 4 is 75.0 Å². The molecule has 2 atom stereocenters. The molecule has 0 saturated heterocycles. The Bertz CT molecular complexity index is 2780. The fourth-order valence-electron chi connectivity index (χ4n) is 9.98. The summed E-state index contributed by atoms with van der Waals surface area (Å²) < 4.78 is 2.75. The van der Waals surface area contributed by atoms with Gasteiger partial charge in [0.15, 0.2) is 0 Å². The molecule has 2 unspecified atom stereocenters. The molecule has 4 aliphatic carbocycles. The molecule has 0 spiro atoms. The summed E-state index contributed by atoms with van der Waals surface area (Å²) in [7, 11) is 0. The van der Waals surface area contributed by atoms with Gasteiger partial charge in [-0.3, -0.25) is 0 Å². The zero-order valence-electron chi connectivity index (χ0n) is 28.3. The molecule has 1 aromatic heterocycles. The van der Waals surface area contributed by atoms with Crippen LogP contribution in [0.1, 0.15) is 54.9 Å². The summed E-state index contributed by atoms with van der Waals surface area (Å²) in [5, 5.41) is 11.0. The fraction of sp³-hybridized carbons (Fsp3) is 0.143. The molecule has 0 N–H and O–H groups in total. The third-order valence-corrected chi connectivity index (χ3v) is 13.3. The zero-order valence-corrected chi connectivity index (χ0v) is 29.2. The Morgan fingerprint density at radius 3 is 1.98 bits per heavy atom. The summed E-state index contributed by atoms with van der Waals surface area (Å²) in [4.78, 5) is 0. The maximum atomic E-state index is 2.51. The SMILES string of the molecule is CC1(C)C2=CC=C(c3c4ccccc4c(C4=CC=C5C=CC=CC5C4)c4ccccc34)CC2c2ccc3cc4sc5ccccc5c4cc3c21. The van der Waals surface area contributed by atoms with Crippen LogP contribution >= 0.6 is 11.3 Å². The zero-order chi connectivity index (χ0) is 33.1. The van der Waals surface area contributed by atoms with Crippen LogP contribution in [0.15, 0.2) is 157 Å². The summed E-state index contributed by atoms with van der Waals surface area (Å²) in [6.07, 6.45) is 20.7. The predicted molar refractivity (Wildman–Crippen MR) is 217 cm³/mol. The maximum Gasteiger partial charge on any atom is 0.0361 e. The molecule has 11 rings (SSSR count). The van der Waals surface area contributed by atoms with E-state index < -0.39 is 0 Å². The minimum Gasteiger partial charge on any atom is -0.135 e. The van der Waals surface area contributed by atoms with Crippen molar-refractivity contribution in [3.8, 4) is 0 Å². The number of hydrogen-bond donors (Lipinski definition) is 0. The van der Waals surface area contributed by atoms with Crippen LogP contribution in [0.2, 0.25) is 0 Å². The largest absolute Gasteiger partial charge is 0.135 e. The molecule has 0 nitrogen and oxygen atoms in total. The normalized spacial score (nSPS) is 20.5. The van der Waals surface area contributed by atoms with Crippen molar-refractivity contribution in [1.29, 1.82) is 0 Å².